The van der Waals surface area contributed by atoms with Crippen molar-refractivity contribution in [2.75, 3.05) is 5.32 Å². The topological polar surface area (TPSA) is 59.8 Å². The summed E-state index contributed by atoms with van der Waals surface area (Å²) in [6.07, 6.45) is 5.08. The average Bonchev–Trinajstić information content (AvgIpc) is 3.05. The number of thioether (sulfide) groups is 1. The highest BCUT2D eigenvalue weighted by Crippen LogP contribution is 2.27. The van der Waals surface area contributed by atoms with E-state index >= 15 is 0 Å². The molecule has 25 heavy (non-hydrogen) atoms. The number of nitrogens with one attached hydrogen (secondary N) is 1. The van der Waals surface area contributed by atoms with Gasteiger partial charge in [0, 0.05) is 29.3 Å². The lowest BCUT2D eigenvalue weighted by atomic mass is 10.3. The Hall–Kier alpha value is -2.02. The maximum atomic E-state index is 12.4. The summed E-state index contributed by atoms with van der Waals surface area (Å²) >= 11 is 13.4. The number of aromatic nitrogens is 3. The number of hydrogen-bond donors (Lipinski definition) is 1. The van der Waals surface area contributed by atoms with Crippen molar-refractivity contribution in [3.63, 3.8) is 0 Å². The molecule has 0 fully saturated rings. The van der Waals surface area contributed by atoms with Gasteiger partial charge in [-0.3, -0.25) is 9.36 Å². The third-order valence-corrected chi connectivity index (χ3v) is 4.98. The second-order valence-corrected chi connectivity index (χ2v) is 7.25. The molecule has 128 valence electrons. The van der Waals surface area contributed by atoms with Crippen LogP contribution in [0.15, 0.2) is 60.1 Å². The van der Waals surface area contributed by atoms with Crippen molar-refractivity contribution < 1.29 is 4.79 Å². The molecule has 1 N–H and O–H groups in total. The highest BCUT2D eigenvalue weighted by molar-refractivity contribution is 8.00. The first-order valence-corrected chi connectivity index (χ1v) is 9.05. The third kappa shape index (κ3) is 4.34. The Labute approximate surface area is 159 Å². The molecule has 2 aromatic heterocycles. The Morgan fingerprint density at radius 3 is 2.80 bits per heavy atom. The molecule has 3 rings (SSSR count). The molecule has 3 aromatic rings. The summed E-state index contributed by atoms with van der Waals surface area (Å²) in [5.41, 5.74) is 1.37. The maximum absolute atomic E-state index is 12.4. The predicted octanol–water partition coefficient (Wildman–Crippen LogP) is 4.69. The van der Waals surface area contributed by atoms with Crippen molar-refractivity contribution in [2.24, 2.45) is 0 Å². The minimum Gasteiger partial charge on any atom is -0.322 e. The van der Waals surface area contributed by atoms with Gasteiger partial charge in [-0.15, -0.1) is 0 Å². The Morgan fingerprint density at radius 1 is 1.20 bits per heavy atom. The molecule has 0 aliphatic rings. The van der Waals surface area contributed by atoms with E-state index in [0.29, 0.717) is 15.9 Å². The molecule has 8 heteroatoms. The van der Waals surface area contributed by atoms with Gasteiger partial charge in [-0.05, 0) is 37.3 Å². The van der Waals surface area contributed by atoms with Crippen LogP contribution in [0.5, 0.6) is 0 Å². The van der Waals surface area contributed by atoms with E-state index in [4.69, 9.17) is 23.2 Å². The van der Waals surface area contributed by atoms with Gasteiger partial charge in [0.25, 0.3) is 0 Å². The number of imidazole rings is 1. The van der Waals surface area contributed by atoms with Crippen molar-refractivity contribution in [1.29, 1.82) is 0 Å². The molecule has 1 amide bonds. The fourth-order valence-electron chi connectivity index (χ4n) is 2.12. The summed E-state index contributed by atoms with van der Waals surface area (Å²) in [5.74, 6) is -0.180. The molecule has 0 bridgehead atoms. The van der Waals surface area contributed by atoms with E-state index in [2.05, 4.69) is 15.3 Å². The van der Waals surface area contributed by atoms with E-state index in [-0.39, 0.29) is 16.3 Å². The van der Waals surface area contributed by atoms with E-state index in [9.17, 15) is 4.79 Å². The first kappa shape index (κ1) is 17.8. The molecule has 0 saturated heterocycles. The number of nitrogens with zero attached hydrogens (tertiary/aromatic N) is 3. The van der Waals surface area contributed by atoms with Crippen molar-refractivity contribution in [3.05, 3.63) is 65.2 Å². The lowest BCUT2D eigenvalue weighted by Gasteiger charge is -2.13. The zero-order valence-corrected chi connectivity index (χ0v) is 15.5. The molecule has 0 spiro atoms. The molecular formula is C17H14Cl2N4OS. The van der Waals surface area contributed by atoms with Crippen LogP contribution in [0.2, 0.25) is 10.2 Å². The third-order valence-electron chi connectivity index (χ3n) is 3.36. The van der Waals surface area contributed by atoms with E-state index < -0.39 is 0 Å². The number of rotatable bonds is 5. The van der Waals surface area contributed by atoms with Gasteiger partial charge < -0.3 is 5.32 Å². The zero-order valence-electron chi connectivity index (χ0n) is 13.2. The molecule has 5 nitrogen and oxygen atoms in total. The molecule has 0 radical (unpaired) electrons. The van der Waals surface area contributed by atoms with Crippen LogP contribution < -0.4 is 5.32 Å². The van der Waals surface area contributed by atoms with Crippen molar-refractivity contribution in [3.8, 4) is 5.69 Å². The number of benzene rings is 1. The van der Waals surface area contributed by atoms with Crippen LogP contribution in [-0.2, 0) is 4.79 Å². The van der Waals surface area contributed by atoms with Crippen LogP contribution in [0.25, 0.3) is 5.69 Å². The zero-order chi connectivity index (χ0) is 17.8. The van der Waals surface area contributed by atoms with Crippen LogP contribution in [0.4, 0.5) is 5.69 Å². The van der Waals surface area contributed by atoms with Crippen molar-refractivity contribution >= 4 is 46.6 Å². The average molecular weight is 393 g/mol. The second kappa shape index (κ2) is 7.91. The van der Waals surface area contributed by atoms with Crippen LogP contribution in [0, 0.1) is 0 Å². The van der Waals surface area contributed by atoms with Gasteiger partial charge in [0.1, 0.15) is 0 Å². The first-order valence-electron chi connectivity index (χ1n) is 7.42. The Morgan fingerprint density at radius 2 is 2.04 bits per heavy atom. The van der Waals surface area contributed by atoms with Gasteiger partial charge in [-0.1, -0.05) is 41.0 Å². The van der Waals surface area contributed by atoms with E-state index in [1.807, 2.05) is 35.0 Å². The smallest absolute Gasteiger partial charge is 0.237 e. The number of anilines is 1. The number of halogens is 2. The first-order chi connectivity index (χ1) is 12.0. The summed E-state index contributed by atoms with van der Waals surface area (Å²) in [4.78, 5) is 20.7. The van der Waals surface area contributed by atoms with Crippen LogP contribution in [0.3, 0.4) is 0 Å². The monoisotopic (exact) mass is 392 g/mol. The van der Waals surface area contributed by atoms with Gasteiger partial charge in [-0.2, -0.15) is 0 Å². The summed E-state index contributed by atoms with van der Waals surface area (Å²) < 4.78 is 1.89. The lowest BCUT2D eigenvalue weighted by molar-refractivity contribution is -0.115. The van der Waals surface area contributed by atoms with Crippen LogP contribution >= 0.6 is 35.0 Å². The molecule has 0 aliphatic heterocycles. The molecule has 0 saturated carbocycles. The van der Waals surface area contributed by atoms with Gasteiger partial charge in [0.2, 0.25) is 5.91 Å². The van der Waals surface area contributed by atoms with E-state index in [1.54, 1.807) is 31.5 Å². The van der Waals surface area contributed by atoms with E-state index in [0.717, 1.165) is 5.69 Å². The van der Waals surface area contributed by atoms with Crippen molar-refractivity contribution in [2.45, 2.75) is 17.3 Å². The molecular weight excluding hydrogens is 379 g/mol. The summed E-state index contributed by atoms with van der Waals surface area (Å²) in [6, 6.07) is 10.9. The molecule has 1 atom stereocenters. The Balaban J connectivity index is 1.74. The fourth-order valence-corrected chi connectivity index (χ4v) is 3.36. The molecule has 2 heterocycles. The largest absolute Gasteiger partial charge is 0.322 e. The minimum atomic E-state index is -0.378. The van der Waals surface area contributed by atoms with Crippen LogP contribution in [0.1, 0.15) is 6.92 Å². The Kier molecular flexibility index (Phi) is 5.63. The summed E-state index contributed by atoms with van der Waals surface area (Å²) in [7, 11) is 0. The lowest BCUT2D eigenvalue weighted by Crippen LogP contribution is -2.23. The van der Waals surface area contributed by atoms with Gasteiger partial charge in [0.05, 0.1) is 10.9 Å². The van der Waals surface area contributed by atoms with Gasteiger partial charge >= 0.3 is 0 Å². The fraction of sp³-hybridized carbons (Fsp3) is 0.118. The number of hydrogen-bond acceptors (Lipinski definition) is 4. The number of carbonyl (C=O) groups is 1. The summed E-state index contributed by atoms with van der Waals surface area (Å²) in [6.45, 7) is 1.81. The summed E-state index contributed by atoms with van der Waals surface area (Å²) in [5, 5.41) is 3.99. The molecule has 1 unspecified atom stereocenters. The quantitative estimate of drug-likeness (QED) is 0.505. The SMILES string of the molecule is CC(Sc1nccn1-c1cccc(Cl)c1)C(=O)Nc1cccnc1Cl. The molecule has 0 aliphatic carbocycles. The van der Waals surface area contributed by atoms with Gasteiger partial charge in [0.15, 0.2) is 10.3 Å². The normalized spacial score (nSPS) is 12.0. The number of carbonyl (C=O) groups excluding carboxylic acids is 1. The maximum Gasteiger partial charge on any atom is 0.237 e. The highest BCUT2D eigenvalue weighted by atomic mass is 35.5. The van der Waals surface area contributed by atoms with Crippen molar-refractivity contribution in [1.82, 2.24) is 14.5 Å². The van der Waals surface area contributed by atoms with E-state index in [1.165, 1.54) is 11.8 Å². The second-order valence-electron chi connectivity index (χ2n) is 5.15. The highest BCUT2D eigenvalue weighted by Gasteiger charge is 2.19. The predicted molar refractivity (Wildman–Crippen MR) is 102 cm³/mol. The Bertz CT molecular complexity index is 900. The van der Waals surface area contributed by atoms with Gasteiger partial charge in [-0.25, -0.2) is 9.97 Å². The van der Waals surface area contributed by atoms with Crippen LogP contribution in [-0.4, -0.2) is 25.7 Å². The number of pyridine rings is 1. The standard InChI is InChI=1S/C17H14Cl2N4OS/c1-11(16(24)22-14-6-3-7-20-15(14)19)25-17-21-8-9-23(17)13-5-2-4-12(18)10-13/h2-11H,1H3,(H,22,24). The minimum absolute atomic E-state index is 0.180. The molecule has 1 aromatic carbocycles. The number of amides is 1.